The largest absolute Gasteiger partial charge is 0.481 e. The van der Waals surface area contributed by atoms with Crippen molar-refractivity contribution in [2.75, 3.05) is 27.7 Å². The smallest absolute Gasteiger partial charge is 0.416 e. The second kappa shape index (κ2) is 8.87. The molecule has 1 fully saturated rings. The molecule has 5 rings (SSSR count). The Labute approximate surface area is 217 Å². The Morgan fingerprint density at radius 1 is 1.11 bits per heavy atom. The number of ether oxygens (including phenoxy) is 2. The fourth-order valence-electron chi connectivity index (χ4n) is 6.08. The van der Waals surface area contributed by atoms with Crippen LogP contribution in [0.25, 0.3) is 0 Å². The maximum Gasteiger partial charge on any atom is 0.416 e. The van der Waals surface area contributed by atoms with Crippen LogP contribution in [-0.2, 0) is 17.4 Å². The molecule has 1 aliphatic carbocycles. The summed E-state index contributed by atoms with van der Waals surface area (Å²) < 4.78 is 52.4. The second-order valence-corrected chi connectivity index (χ2v) is 10.2. The van der Waals surface area contributed by atoms with Crippen LogP contribution >= 0.6 is 11.6 Å². The molecule has 1 aliphatic heterocycles. The number of alkyl halides is 3. The van der Waals surface area contributed by atoms with Crippen LogP contribution in [0.4, 0.5) is 13.2 Å². The molecule has 0 spiro atoms. The number of methoxy groups -OCH3 is 1. The summed E-state index contributed by atoms with van der Waals surface area (Å²) in [5.41, 5.74) is -3.57. The molecule has 2 aromatic carbocycles. The summed E-state index contributed by atoms with van der Waals surface area (Å²) in [5.74, 6) is -1.15. The number of aliphatic hydroxyl groups excluding tert-OH is 1. The predicted molar refractivity (Wildman–Crippen MR) is 131 cm³/mol. The SMILES string of the molecule is COc1nc(Cl)cc2c1[C@]1(O)[C@H](O)[C@H](CN(C)C)[C@@H](c3ccccc3)[C@]1(c1ccc(C(F)(F)F)cc1)O2. The number of aliphatic hydroxyl groups is 2. The molecule has 10 heteroatoms. The zero-order valence-electron chi connectivity index (χ0n) is 20.3. The number of hydrogen-bond acceptors (Lipinski definition) is 6. The molecule has 1 saturated carbocycles. The molecule has 1 aromatic heterocycles. The van der Waals surface area contributed by atoms with Gasteiger partial charge in [0.15, 0.2) is 11.2 Å². The van der Waals surface area contributed by atoms with E-state index in [9.17, 15) is 23.4 Å². The van der Waals surface area contributed by atoms with Crippen molar-refractivity contribution in [1.82, 2.24) is 9.88 Å². The van der Waals surface area contributed by atoms with Crippen molar-refractivity contribution < 1.29 is 32.9 Å². The molecule has 2 aliphatic rings. The predicted octanol–water partition coefficient (Wildman–Crippen LogP) is 4.57. The van der Waals surface area contributed by atoms with E-state index in [1.54, 1.807) is 0 Å². The van der Waals surface area contributed by atoms with E-state index < -0.39 is 40.9 Å². The van der Waals surface area contributed by atoms with Crippen LogP contribution in [0.2, 0.25) is 5.15 Å². The number of rotatable bonds is 5. The molecule has 2 N–H and O–H groups in total. The first-order valence-electron chi connectivity index (χ1n) is 11.7. The van der Waals surface area contributed by atoms with Gasteiger partial charge in [0, 0.05) is 24.4 Å². The van der Waals surface area contributed by atoms with Gasteiger partial charge in [-0.1, -0.05) is 54.1 Å². The molecule has 196 valence electrons. The quantitative estimate of drug-likeness (QED) is 0.467. The molecule has 2 heterocycles. The highest BCUT2D eigenvalue weighted by Crippen LogP contribution is 2.69. The van der Waals surface area contributed by atoms with Gasteiger partial charge in [0.05, 0.1) is 24.3 Å². The van der Waals surface area contributed by atoms with E-state index in [-0.39, 0.29) is 27.9 Å². The number of hydrogen-bond donors (Lipinski definition) is 2. The lowest BCUT2D eigenvalue weighted by Gasteiger charge is -2.41. The zero-order valence-corrected chi connectivity index (χ0v) is 21.1. The van der Waals surface area contributed by atoms with Gasteiger partial charge in [-0.25, -0.2) is 4.98 Å². The van der Waals surface area contributed by atoms with Crippen molar-refractivity contribution in [2.45, 2.75) is 29.4 Å². The molecule has 0 radical (unpaired) electrons. The first-order chi connectivity index (χ1) is 17.4. The van der Waals surface area contributed by atoms with Crippen LogP contribution in [0.1, 0.15) is 28.2 Å². The Balaban J connectivity index is 1.84. The van der Waals surface area contributed by atoms with Crippen LogP contribution in [0.15, 0.2) is 60.7 Å². The van der Waals surface area contributed by atoms with Crippen molar-refractivity contribution in [1.29, 1.82) is 0 Å². The molecule has 5 atom stereocenters. The van der Waals surface area contributed by atoms with Gasteiger partial charge in [-0.15, -0.1) is 0 Å². The number of benzene rings is 2. The van der Waals surface area contributed by atoms with Gasteiger partial charge in [0.25, 0.3) is 0 Å². The highest BCUT2D eigenvalue weighted by Gasteiger charge is 2.77. The van der Waals surface area contributed by atoms with Gasteiger partial charge >= 0.3 is 6.18 Å². The van der Waals surface area contributed by atoms with Crippen molar-refractivity contribution in [3.05, 3.63) is 88.1 Å². The standard InChI is InChI=1S/C27H26ClF3N2O4/c1-33(2)14-18-21(15-7-5-4-6-8-15)26(16-9-11-17(12-10-16)27(29,30)31)25(35,23(18)34)22-19(37-26)13-20(28)32-24(22)36-3/h4-13,18,21,23,34-35H,14H2,1-3H3/t18-,21-,23-,25+,26+/m1/s1. The molecule has 3 aromatic rings. The minimum atomic E-state index is -4.55. The van der Waals surface area contributed by atoms with Gasteiger partial charge in [0.2, 0.25) is 5.88 Å². The van der Waals surface area contributed by atoms with Crippen molar-refractivity contribution >= 4 is 11.6 Å². The second-order valence-electron chi connectivity index (χ2n) is 9.77. The third kappa shape index (κ3) is 3.71. The summed E-state index contributed by atoms with van der Waals surface area (Å²) >= 11 is 6.21. The molecule has 37 heavy (non-hydrogen) atoms. The van der Waals surface area contributed by atoms with E-state index in [2.05, 4.69) is 4.98 Å². The summed E-state index contributed by atoms with van der Waals surface area (Å²) in [6.45, 7) is 0.355. The normalized spacial score (nSPS) is 28.6. The number of nitrogens with zero attached hydrogens (tertiary/aromatic N) is 2. The molecule has 0 bridgehead atoms. The lowest BCUT2D eigenvalue weighted by molar-refractivity contribution is -0.152. The minimum absolute atomic E-state index is 0.0323. The van der Waals surface area contributed by atoms with Crippen molar-refractivity contribution in [2.24, 2.45) is 5.92 Å². The van der Waals surface area contributed by atoms with Crippen LogP contribution in [0.5, 0.6) is 11.6 Å². The topological polar surface area (TPSA) is 75.0 Å². The van der Waals surface area contributed by atoms with E-state index >= 15 is 0 Å². The maximum atomic E-state index is 13.4. The number of aromatic nitrogens is 1. The number of pyridine rings is 1. The average Bonchev–Trinajstić information content (AvgIpc) is 3.21. The molecular weight excluding hydrogens is 509 g/mol. The summed E-state index contributed by atoms with van der Waals surface area (Å²) in [4.78, 5) is 6.07. The molecule has 0 unspecified atom stereocenters. The van der Waals surface area contributed by atoms with E-state index in [4.69, 9.17) is 21.1 Å². The Bertz CT molecular complexity index is 1310. The van der Waals surface area contributed by atoms with Gasteiger partial charge in [0.1, 0.15) is 10.9 Å². The summed E-state index contributed by atoms with van der Waals surface area (Å²) in [6, 6.07) is 15.1. The third-order valence-electron chi connectivity index (χ3n) is 7.41. The summed E-state index contributed by atoms with van der Waals surface area (Å²) in [7, 11) is 5.04. The number of halogens is 4. The Morgan fingerprint density at radius 3 is 2.32 bits per heavy atom. The first kappa shape index (κ1) is 25.8. The Morgan fingerprint density at radius 2 is 1.76 bits per heavy atom. The fourth-order valence-corrected chi connectivity index (χ4v) is 6.26. The fraction of sp³-hybridized carbons (Fsp3) is 0.370. The van der Waals surface area contributed by atoms with Crippen LogP contribution < -0.4 is 9.47 Å². The molecule has 0 saturated heterocycles. The van der Waals surface area contributed by atoms with Gasteiger partial charge in [-0.2, -0.15) is 13.2 Å². The van der Waals surface area contributed by atoms with Crippen LogP contribution in [-0.4, -0.2) is 54.0 Å². The molecule has 6 nitrogen and oxygen atoms in total. The summed E-state index contributed by atoms with van der Waals surface area (Å²) in [6.07, 6.45) is -5.95. The highest BCUT2D eigenvalue weighted by molar-refractivity contribution is 6.29. The summed E-state index contributed by atoms with van der Waals surface area (Å²) in [5, 5.41) is 24.6. The average molecular weight is 535 g/mol. The number of fused-ring (bicyclic) bond motifs is 3. The molecular formula is C27H26ClF3N2O4. The van der Waals surface area contributed by atoms with Gasteiger partial charge in [-0.3, -0.25) is 0 Å². The maximum absolute atomic E-state index is 13.4. The Hall–Kier alpha value is -2.85. The first-order valence-corrected chi connectivity index (χ1v) is 12.0. The third-order valence-corrected chi connectivity index (χ3v) is 7.60. The lowest BCUT2D eigenvalue weighted by Crippen LogP contribution is -2.52. The monoisotopic (exact) mass is 534 g/mol. The van der Waals surface area contributed by atoms with Gasteiger partial charge in [-0.05, 0) is 37.4 Å². The van der Waals surface area contributed by atoms with E-state index in [1.165, 1.54) is 25.3 Å². The van der Waals surface area contributed by atoms with E-state index in [0.29, 0.717) is 6.54 Å². The highest BCUT2D eigenvalue weighted by atomic mass is 35.5. The minimum Gasteiger partial charge on any atom is -0.481 e. The van der Waals surface area contributed by atoms with Crippen LogP contribution in [0.3, 0.4) is 0 Å². The van der Waals surface area contributed by atoms with Gasteiger partial charge < -0.3 is 24.6 Å². The molecule has 0 amide bonds. The van der Waals surface area contributed by atoms with Crippen molar-refractivity contribution in [3.63, 3.8) is 0 Å². The van der Waals surface area contributed by atoms with Crippen molar-refractivity contribution in [3.8, 4) is 11.6 Å². The van der Waals surface area contributed by atoms with E-state index in [1.807, 2.05) is 49.3 Å². The van der Waals surface area contributed by atoms with Crippen LogP contribution in [0, 0.1) is 5.92 Å². The Kier molecular flexibility index (Phi) is 6.18. The lowest BCUT2D eigenvalue weighted by atomic mass is 9.70. The zero-order chi connectivity index (χ0) is 26.8. The van der Waals surface area contributed by atoms with E-state index in [0.717, 1.165) is 17.7 Å².